The maximum atomic E-state index is 13.2. The number of aromatic nitrogens is 3. The van der Waals surface area contributed by atoms with E-state index < -0.39 is 0 Å². The first-order chi connectivity index (χ1) is 14.6. The van der Waals surface area contributed by atoms with Crippen molar-refractivity contribution in [3.05, 3.63) is 47.1 Å². The van der Waals surface area contributed by atoms with Crippen LogP contribution in [0.15, 0.2) is 36.7 Å². The van der Waals surface area contributed by atoms with Gasteiger partial charge in [0.2, 0.25) is 0 Å². The van der Waals surface area contributed by atoms with Crippen molar-refractivity contribution in [2.45, 2.75) is 24.7 Å². The van der Waals surface area contributed by atoms with Crippen LogP contribution in [0.2, 0.25) is 0 Å². The van der Waals surface area contributed by atoms with Crippen LogP contribution in [-0.4, -0.2) is 67.6 Å². The molecule has 0 fully saturated rings. The van der Waals surface area contributed by atoms with Gasteiger partial charge in [-0.25, -0.2) is 4.98 Å². The number of nitrogens with zero attached hydrogens (tertiary/aromatic N) is 4. The predicted molar refractivity (Wildman–Crippen MR) is 132 cm³/mol. The first-order valence-electron chi connectivity index (χ1n) is 10.4. The van der Waals surface area contributed by atoms with E-state index in [4.69, 9.17) is 4.74 Å². The van der Waals surface area contributed by atoms with Gasteiger partial charge < -0.3 is 15.0 Å². The Morgan fingerprint density at radius 2 is 2.00 bits per heavy atom. The molecule has 0 saturated carbocycles. The van der Waals surface area contributed by atoms with E-state index in [0.717, 1.165) is 32.5 Å². The smallest absolute Gasteiger partial charge is 0.255 e. The highest BCUT2D eigenvalue weighted by molar-refractivity contribution is 7.16. The van der Waals surface area contributed by atoms with Crippen LogP contribution in [0, 0.1) is 0 Å². The molecule has 0 aliphatic carbocycles. The average molecular weight is 433 g/mol. The lowest BCUT2D eigenvalue weighted by molar-refractivity contribution is 0.0445. The van der Waals surface area contributed by atoms with Gasteiger partial charge in [-0.3, -0.25) is 9.48 Å². The number of aryl methyl sites for hydroxylation is 1. The third-order valence-corrected chi connectivity index (χ3v) is 6.91. The van der Waals surface area contributed by atoms with Crippen molar-refractivity contribution in [2.24, 2.45) is 7.05 Å². The summed E-state index contributed by atoms with van der Waals surface area (Å²) in [4.78, 5) is 21.7. The van der Waals surface area contributed by atoms with Gasteiger partial charge in [-0.2, -0.15) is 5.10 Å². The van der Waals surface area contributed by atoms with Crippen LogP contribution >= 0.6 is 11.3 Å². The SMILES string of the molecule is BC(B)(B)OCCN1C(=O)c2cc(-c3ccnc(Nc4ccnn4C)c3)sc2C1(C)C. The highest BCUT2D eigenvalue weighted by Gasteiger charge is 2.44. The molecule has 4 heterocycles. The summed E-state index contributed by atoms with van der Waals surface area (Å²) in [6, 6.07) is 7.88. The quantitative estimate of drug-likeness (QED) is 0.551. The monoisotopic (exact) mass is 433 g/mol. The minimum absolute atomic E-state index is 0.0716. The Labute approximate surface area is 189 Å². The van der Waals surface area contributed by atoms with Crippen molar-refractivity contribution in [1.82, 2.24) is 19.7 Å². The Bertz CT molecular complexity index is 1120. The van der Waals surface area contributed by atoms with E-state index in [0.29, 0.717) is 13.2 Å². The van der Waals surface area contributed by atoms with Gasteiger partial charge >= 0.3 is 0 Å². The fourth-order valence-electron chi connectivity index (χ4n) is 3.77. The van der Waals surface area contributed by atoms with E-state index in [-0.39, 0.29) is 16.7 Å². The van der Waals surface area contributed by atoms with Crippen LogP contribution in [0.1, 0.15) is 29.1 Å². The molecule has 0 aromatic carbocycles. The van der Waals surface area contributed by atoms with Crippen LogP contribution in [0.3, 0.4) is 0 Å². The van der Waals surface area contributed by atoms with Gasteiger partial charge in [0, 0.05) is 35.6 Å². The van der Waals surface area contributed by atoms with E-state index in [1.165, 1.54) is 0 Å². The number of hydrogen-bond acceptors (Lipinski definition) is 6. The normalized spacial score (nSPS) is 15.3. The Morgan fingerprint density at radius 1 is 1.23 bits per heavy atom. The Morgan fingerprint density at radius 3 is 2.65 bits per heavy atom. The van der Waals surface area contributed by atoms with Crippen LogP contribution < -0.4 is 5.32 Å². The summed E-state index contributed by atoms with van der Waals surface area (Å²) in [5, 5.41) is 7.24. The molecule has 0 radical (unpaired) electrons. The van der Waals surface area contributed by atoms with Crippen molar-refractivity contribution < 1.29 is 9.53 Å². The molecule has 7 nitrogen and oxygen atoms in total. The molecule has 1 aliphatic rings. The molecule has 0 bridgehead atoms. The van der Waals surface area contributed by atoms with Crippen molar-refractivity contribution in [3.8, 4) is 10.4 Å². The Kier molecular flexibility index (Phi) is 5.51. The summed E-state index contributed by atoms with van der Waals surface area (Å²) in [7, 11) is 7.96. The third kappa shape index (κ3) is 4.29. The molecule has 0 atom stereocenters. The zero-order valence-electron chi connectivity index (χ0n) is 18.9. The first kappa shape index (κ1) is 21.7. The molecule has 1 amide bonds. The molecule has 4 rings (SSSR count). The van der Waals surface area contributed by atoms with E-state index in [9.17, 15) is 4.79 Å². The summed E-state index contributed by atoms with van der Waals surface area (Å²) in [6.45, 7) is 5.31. The largest absolute Gasteiger partial charge is 0.399 e. The Balaban J connectivity index is 1.55. The van der Waals surface area contributed by atoms with E-state index in [1.807, 2.05) is 59.8 Å². The summed E-state index contributed by atoms with van der Waals surface area (Å²) < 4.78 is 7.61. The van der Waals surface area contributed by atoms with Crippen LogP contribution in [0.25, 0.3) is 10.4 Å². The number of rotatable bonds is 7. The summed E-state index contributed by atoms with van der Waals surface area (Å²) in [6.07, 6.45) is 3.52. The molecule has 31 heavy (non-hydrogen) atoms. The number of ether oxygens (including phenoxy) is 1. The first-order valence-corrected chi connectivity index (χ1v) is 11.2. The molecular formula is C20H26B3N5O2S. The van der Waals surface area contributed by atoms with Crippen LogP contribution in [0.5, 0.6) is 0 Å². The van der Waals surface area contributed by atoms with Gasteiger partial charge in [0.15, 0.2) is 0 Å². The number of carbonyl (C=O) groups is 1. The van der Waals surface area contributed by atoms with Crippen molar-refractivity contribution in [1.29, 1.82) is 0 Å². The number of carbonyl (C=O) groups excluding carboxylic acids is 1. The van der Waals surface area contributed by atoms with E-state index >= 15 is 0 Å². The fraction of sp³-hybridized carbons (Fsp3) is 0.350. The lowest BCUT2D eigenvalue weighted by atomic mass is 9.52. The second-order valence-corrected chi connectivity index (χ2v) is 10.3. The average Bonchev–Trinajstić information content (AvgIpc) is 3.35. The number of nitrogens with one attached hydrogen (secondary N) is 1. The number of anilines is 2. The number of fused-ring (bicyclic) bond motifs is 1. The van der Waals surface area contributed by atoms with Gasteiger partial charge in [0.25, 0.3) is 5.91 Å². The lowest BCUT2D eigenvalue weighted by Gasteiger charge is -2.33. The number of thiophene rings is 1. The maximum absolute atomic E-state index is 13.2. The number of amides is 1. The van der Waals surface area contributed by atoms with Gasteiger partial charge in [-0.05, 0) is 42.9 Å². The molecule has 3 aromatic rings. The standard InChI is InChI=1S/C20H26B3N5O2S/c1-19(2)17-13(18(29)28(19)8-9-30-20(21,22)23)11-14(31-17)12-4-6-24-15(10-12)26-16-5-7-25-27(16)3/h4-7,10-11H,8-9,21-23H2,1-3H3,(H,24,26). The summed E-state index contributed by atoms with van der Waals surface area (Å²) in [5.74, 6) is 1.67. The Hall–Kier alpha value is -2.52. The maximum Gasteiger partial charge on any atom is 0.255 e. The van der Waals surface area contributed by atoms with Gasteiger partial charge in [0.05, 0.1) is 23.9 Å². The third-order valence-electron chi connectivity index (χ3n) is 5.41. The van der Waals surface area contributed by atoms with Crippen LogP contribution in [-0.2, 0) is 17.3 Å². The number of pyridine rings is 1. The highest BCUT2D eigenvalue weighted by Crippen LogP contribution is 2.46. The van der Waals surface area contributed by atoms with E-state index in [1.54, 1.807) is 28.4 Å². The minimum Gasteiger partial charge on any atom is -0.399 e. The molecule has 0 saturated heterocycles. The number of hydrogen-bond donors (Lipinski definition) is 1. The van der Waals surface area contributed by atoms with Crippen molar-refractivity contribution in [2.75, 3.05) is 18.5 Å². The predicted octanol–water partition coefficient (Wildman–Crippen LogP) is 0.505. The fourth-order valence-corrected chi connectivity index (χ4v) is 5.03. The molecule has 0 unspecified atom stereocenters. The summed E-state index contributed by atoms with van der Waals surface area (Å²) in [5.41, 5.74) is 1.46. The lowest BCUT2D eigenvalue weighted by Crippen LogP contribution is -2.43. The zero-order valence-corrected chi connectivity index (χ0v) is 19.7. The summed E-state index contributed by atoms with van der Waals surface area (Å²) >= 11 is 1.67. The molecule has 3 aromatic heterocycles. The van der Waals surface area contributed by atoms with Crippen LogP contribution in [0.4, 0.5) is 11.6 Å². The van der Waals surface area contributed by atoms with Gasteiger partial charge in [-0.1, -0.05) is 0 Å². The molecule has 1 N–H and O–H groups in total. The molecule has 1 aliphatic heterocycles. The van der Waals surface area contributed by atoms with Gasteiger partial charge in [0.1, 0.15) is 35.2 Å². The molecule has 158 valence electrons. The van der Waals surface area contributed by atoms with Crippen molar-refractivity contribution >= 4 is 52.4 Å². The second-order valence-electron chi connectivity index (χ2n) is 9.22. The van der Waals surface area contributed by atoms with Gasteiger partial charge in [-0.15, -0.1) is 11.3 Å². The van der Waals surface area contributed by atoms with Crippen molar-refractivity contribution in [3.63, 3.8) is 0 Å². The topological polar surface area (TPSA) is 72.3 Å². The molecule has 0 spiro atoms. The zero-order chi connectivity index (χ0) is 22.4. The van der Waals surface area contributed by atoms with E-state index in [2.05, 4.69) is 29.2 Å². The minimum atomic E-state index is -0.362. The second kappa shape index (κ2) is 7.87. The highest BCUT2D eigenvalue weighted by atomic mass is 32.1. The molecule has 11 heteroatoms. The molecular weight excluding hydrogens is 407 g/mol.